The second-order valence-corrected chi connectivity index (χ2v) is 3.71. The lowest BCUT2D eigenvalue weighted by Crippen LogP contribution is -2.06. The van der Waals surface area contributed by atoms with Gasteiger partial charge in [-0.25, -0.2) is 4.79 Å². The Kier molecular flexibility index (Phi) is 4.44. The molecule has 1 aromatic rings. The summed E-state index contributed by atoms with van der Waals surface area (Å²) in [5, 5.41) is 8.91. The Morgan fingerprint density at radius 3 is 2.44 bits per heavy atom. The molecule has 1 heterocycles. The number of aromatic nitrogens is 1. The number of nitrogens with zero attached hydrogens (tertiary/aromatic N) is 1. The fraction of sp³-hybridized carbons (Fsp3) is 0.308. The lowest BCUT2D eigenvalue weighted by atomic mass is 10.1. The first-order valence-corrected chi connectivity index (χ1v) is 5.48. The number of esters is 1. The third-order valence-corrected chi connectivity index (χ3v) is 2.66. The Morgan fingerprint density at radius 1 is 1.39 bits per heavy atom. The molecule has 0 bridgehead atoms. The third-order valence-electron chi connectivity index (χ3n) is 2.66. The van der Waals surface area contributed by atoms with Crippen LogP contribution >= 0.6 is 0 Å². The number of ether oxygens (including phenoxy) is 1. The summed E-state index contributed by atoms with van der Waals surface area (Å²) >= 11 is 0. The van der Waals surface area contributed by atoms with Crippen LogP contribution in [0.15, 0.2) is 5.57 Å². The molecule has 0 aromatic carbocycles. The summed E-state index contributed by atoms with van der Waals surface area (Å²) in [7, 11) is 0. The van der Waals surface area contributed by atoms with Crippen LogP contribution in [0.2, 0.25) is 0 Å². The summed E-state index contributed by atoms with van der Waals surface area (Å²) in [5.74, 6) is -0.667. The SMILES string of the molecule is CCOC(=O)/C(C#N)=C/c1[nH]c(C=O)c(C)c1C. The average molecular weight is 246 g/mol. The number of aldehydes is 1. The van der Waals surface area contributed by atoms with Crippen molar-refractivity contribution in [1.82, 2.24) is 4.98 Å². The fourth-order valence-electron chi connectivity index (χ4n) is 1.49. The van der Waals surface area contributed by atoms with Crippen molar-refractivity contribution in [2.45, 2.75) is 20.8 Å². The number of aromatic amines is 1. The minimum absolute atomic E-state index is 0.0985. The first-order chi connectivity index (χ1) is 8.54. The molecule has 0 saturated carbocycles. The van der Waals surface area contributed by atoms with Gasteiger partial charge in [-0.3, -0.25) is 4.79 Å². The van der Waals surface area contributed by atoms with Crippen molar-refractivity contribution in [2.24, 2.45) is 0 Å². The van der Waals surface area contributed by atoms with E-state index in [1.807, 2.05) is 6.92 Å². The van der Waals surface area contributed by atoms with Crippen LogP contribution in [-0.2, 0) is 9.53 Å². The summed E-state index contributed by atoms with van der Waals surface area (Å²) in [6, 6.07) is 1.79. The Morgan fingerprint density at radius 2 is 2.00 bits per heavy atom. The highest BCUT2D eigenvalue weighted by atomic mass is 16.5. The van der Waals surface area contributed by atoms with E-state index in [2.05, 4.69) is 4.98 Å². The number of rotatable bonds is 4. The molecule has 0 fully saturated rings. The second-order valence-electron chi connectivity index (χ2n) is 3.71. The van der Waals surface area contributed by atoms with Crippen LogP contribution in [0.4, 0.5) is 0 Å². The molecule has 0 radical (unpaired) electrons. The van der Waals surface area contributed by atoms with E-state index in [-0.39, 0.29) is 12.2 Å². The highest BCUT2D eigenvalue weighted by Crippen LogP contribution is 2.18. The molecule has 1 rings (SSSR count). The molecule has 94 valence electrons. The van der Waals surface area contributed by atoms with Crippen LogP contribution in [0.1, 0.15) is 34.2 Å². The number of carbonyl (C=O) groups is 2. The van der Waals surface area contributed by atoms with E-state index in [1.54, 1.807) is 19.9 Å². The molecule has 0 aliphatic heterocycles. The van der Waals surface area contributed by atoms with Crippen LogP contribution in [0.25, 0.3) is 6.08 Å². The highest BCUT2D eigenvalue weighted by Gasteiger charge is 2.13. The van der Waals surface area contributed by atoms with Gasteiger partial charge in [-0.2, -0.15) is 5.26 Å². The molecule has 0 aliphatic carbocycles. The van der Waals surface area contributed by atoms with Gasteiger partial charge in [-0.15, -0.1) is 0 Å². The fourth-order valence-corrected chi connectivity index (χ4v) is 1.49. The Balaban J connectivity index is 3.19. The molecular weight excluding hydrogens is 232 g/mol. The number of hydrogen-bond donors (Lipinski definition) is 1. The van der Waals surface area contributed by atoms with Gasteiger partial charge in [-0.1, -0.05) is 0 Å². The quantitative estimate of drug-likeness (QED) is 0.381. The zero-order valence-corrected chi connectivity index (χ0v) is 10.5. The van der Waals surface area contributed by atoms with Gasteiger partial charge in [0.05, 0.1) is 12.3 Å². The molecular formula is C13H14N2O3. The van der Waals surface area contributed by atoms with Crippen molar-refractivity contribution in [3.63, 3.8) is 0 Å². The van der Waals surface area contributed by atoms with E-state index >= 15 is 0 Å². The average Bonchev–Trinajstić information content (AvgIpc) is 2.63. The summed E-state index contributed by atoms with van der Waals surface area (Å²) in [6.45, 7) is 5.48. The molecule has 0 amide bonds. The number of H-pyrrole nitrogens is 1. The molecule has 0 saturated heterocycles. The van der Waals surface area contributed by atoms with E-state index in [1.165, 1.54) is 6.08 Å². The molecule has 18 heavy (non-hydrogen) atoms. The summed E-state index contributed by atoms with van der Waals surface area (Å²) in [6.07, 6.45) is 2.10. The Hall–Kier alpha value is -2.35. The first kappa shape index (κ1) is 13.7. The third kappa shape index (κ3) is 2.66. The summed E-state index contributed by atoms with van der Waals surface area (Å²) in [4.78, 5) is 25.1. The maximum absolute atomic E-state index is 11.5. The molecule has 0 unspecified atom stereocenters. The maximum Gasteiger partial charge on any atom is 0.348 e. The monoisotopic (exact) mass is 246 g/mol. The van der Waals surface area contributed by atoms with Crippen molar-refractivity contribution in [2.75, 3.05) is 6.61 Å². The summed E-state index contributed by atoms with van der Waals surface area (Å²) < 4.78 is 4.76. The smallest absolute Gasteiger partial charge is 0.348 e. The summed E-state index contributed by atoms with van der Waals surface area (Å²) in [5.41, 5.74) is 2.55. The molecule has 0 atom stereocenters. The Bertz CT molecular complexity index is 547. The highest BCUT2D eigenvalue weighted by molar-refractivity contribution is 5.98. The van der Waals surface area contributed by atoms with Crippen LogP contribution in [0, 0.1) is 25.2 Å². The lowest BCUT2D eigenvalue weighted by molar-refractivity contribution is -0.137. The van der Waals surface area contributed by atoms with Crippen molar-refractivity contribution >= 4 is 18.3 Å². The van der Waals surface area contributed by atoms with Crippen molar-refractivity contribution < 1.29 is 14.3 Å². The molecule has 1 aromatic heterocycles. The molecule has 0 aliphatic rings. The zero-order valence-electron chi connectivity index (χ0n) is 10.5. The van der Waals surface area contributed by atoms with E-state index in [0.717, 1.165) is 11.1 Å². The van der Waals surface area contributed by atoms with Crippen LogP contribution in [0.5, 0.6) is 0 Å². The molecule has 5 heteroatoms. The predicted molar refractivity (Wildman–Crippen MR) is 65.9 cm³/mol. The Labute approximate surface area is 105 Å². The molecule has 1 N–H and O–H groups in total. The van der Waals surface area contributed by atoms with E-state index in [9.17, 15) is 9.59 Å². The van der Waals surface area contributed by atoms with E-state index in [0.29, 0.717) is 17.7 Å². The van der Waals surface area contributed by atoms with Gasteiger partial charge < -0.3 is 9.72 Å². The van der Waals surface area contributed by atoms with Gasteiger partial charge in [0.1, 0.15) is 11.6 Å². The van der Waals surface area contributed by atoms with Crippen LogP contribution in [-0.4, -0.2) is 23.8 Å². The van der Waals surface area contributed by atoms with Crippen LogP contribution in [0.3, 0.4) is 0 Å². The largest absolute Gasteiger partial charge is 0.462 e. The van der Waals surface area contributed by atoms with Gasteiger partial charge >= 0.3 is 5.97 Å². The number of carbonyl (C=O) groups excluding carboxylic acids is 2. The number of nitriles is 1. The normalized spacial score (nSPS) is 10.9. The van der Waals surface area contributed by atoms with E-state index in [4.69, 9.17) is 10.00 Å². The first-order valence-electron chi connectivity index (χ1n) is 5.48. The van der Waals surface area contributed by atoms with E-state index < -0.39 is 5.97 Å². The standard InChI is InChI=1S/C13H14N2O3/c1-4-18-13(17)10(6-14)5-11-8(2)9(3)12(7-16)15-11/h5,7,15H,4H2,1-3H3/b10-5+. The van der Waals surface area contributed by atoms with Gasteiger partial charge in [0.15, 0.2) is 6.29 Å². The zero-order chi connectivity index (χ0) is 13.7. The predicted octanol–water partition coefficient (Wildman–Crippen LogP) is 1.91. The number of hydrogen-bond acceptors (Lipinski definition) is 4. The van der Waals surface area contributed by atoms with Crippen molar-refractivity contribution in [3.8, 4) is 6.07 Å². The molecule has 5 nitrogen and oxygen atoms in total. The minimum atomic E-state index is -0.667. The van der Waals surface area contributed by atoms with Crippen molar-refractivity contribution in [1.29, 1.82) is 5.26 Å². The van der Waals surface area contributed by atoms with Gasteiger partial charge in [-0.05, 0) is 38.0 Å². The minimum Gasteiger partial charge on any atom is -0.462 e. The number of nitrogens with one attached hydrogen (secondary N) is 1. The topological polar surface area (TPSA) is 82.9 Å². The van der Waals surface area contributed by atoms with Gasteiger partial charge in [0, 0.05) is 5.69 Å². The van der Waals surface area contributed by atoms with Crippen LogP contribution < -0.4 is 0 Å². The van der Waals surface area contributed by atoms with Gasteiger partial charge in [0.2, 0.25) is 0 Å². The lowest BCUT2D eigenvalue weighted by Gasteiger charge is -1.99. The van der Waals surface area contributed by atoms with Crippen molar-refractivity contribution in [3.05, 3.63) is 28.1 Å². The second kappa shape index (κ2) is 5.82. The molecule has 0 spiro atoms. The maximum atomic E-state index is 11.5. The van der Waals surface area contributed by atoms with Gasteiger partial charge in [0.25, 0.3) is 0 Å².